The van der Waals surface area contributed by atoms with Gasteiger partial charge in [-0.1, -0.05) is 13.8 Å². The minimum absolute atomic E-state index is 0.190. The highest BCUT2D eigenvalue weighted by Gasteiger charge is 2.04. The van der Waals surface area contributed by atoms with Gasteiger partial charge >= 0.3 is 0 Å². The standard InChI is InChI=1S/C11H14FNO/c1-7(2)9-4-10(12)6-11(5-9)13-8(3)14/h4-7H,1-3H3,(H,13,14). The second-order valence-electron chi connectivity index (χ2n) is 3.61. The molecule has 1 rings (SSSR count). The van der Waals surface area contributed by atoms with E-state index in [1.165, 1.54) is 19.1 Å². The Morgan fingerprint density at radius 2 is 2.00 bits per heavy atom. The van der Waals surface area contributed by atoms with Crippen LogP contribution in [0, 0.1) is 5.82 Å². The van der Waals surface area contributed by atoms with Gasteiger partial charge in [0.25, 0.3) is 0 Å². The Hall–Kier alpha value is -1.38. The number of hydrogen-bond acceptors (Lipinski definition) is 1. The van der Waals surface area contributed by atoms with Gasteiger partial charge in [0.05, 0.1) is 0 Å². The smallest absolute Gasteiger partial charge is 0.221 e. The van der Waals surface area contributed by atoms with Crippen molar-refractivity contribution in [2.24, 2.45) is 0 Å². The lowest BCUT2D eigenvalue weighted by Gasteiger charge is -2.08. The number of anilines is 1. The van der Waals surface area contributed by atoms with Crippen LogP contribution in [0.3, 0.4) is 0 Å². The highest BCUT2D eigenvalue weighted by molar-refractivity contribution is 5.88. The fourth-order valence-corrected chi connectivity index (χ4v) is 1.22. The summed E-state index contributed by atoms with van der Waals surface area (Å²) < 4.78 is 13.1. The molecule has 0 aromatic heterocycles. The number of halogens is 1. The van der Waals surface area contributed by atoms with Crippen molar-refractivity contribution in [3.63, 3.8) is 0 Å². The predicted octanol–water partition coefficient (Wildman–Crippen LogP) is 2.91. The van der Waals surface area contributed by atoms with Gasteiger partial charge in [-0.05, 0) is 29.7 Å². The third kappa shape index (κ3) is 2.83. The Kier molecular flexibility index (Phi) is 3.23. The lowest BCUT2D eigenvalue weighted by Crippen LogP contribution is -2.06. The summed E-state index contributed by atoms with van der Waals surface area (Å²) in [6.07, 6.45) is 0. The highest BCUT2D eigenvalue weighted by Crippen LogP contribution is 2.20. The first-order valence-corrected chi connectivity index (χ1v) is 4.57. The Bertz CT molecular complexity index is 347. The Morgan fingerprint density at radius 1 is 1.36 bits per heavy atom. The first-order valence-electron chi connectivity index (χ1n) is 4.57. The van der Waals surface area contributed by atoms with E-state index in [9.17, 15) is 9.18 Å². The molecule has 0 aliphatic carbocycles. The van der Waals surface area contributed by atoms with Crippen LogP contribution in [0.4, 0.5) is 10.1 Å². The van der Waals surface area contributed by atoms with E-state index in [4.69, 9.17) is 0 Å². The molecular formula is C11H14FNO. The highest BCUT2D eigenvalue weighted by atomic mass is 19.1. The number of carbonyl (C=O) groups is 1. The van der Waals surface area contributed by atoms with Crippen LogP contribution < -0.4 is 5.32 Å². The fourth-order valence-electron chi connectivity index (χ4n) is 1.22. The van der Waals surface area contributed by atoms with Crippen molar-refractivity contribution in [1.82, 2.24) is 0 Å². The summed E-state index contributed by atoms with van der Waals surface area (Å²) in [7, 11) is 0. The molecule has 1 aromatic carbocycles. The van der Waals surface area contributed by atoms with Crippen LogP contribution in [0.5, 0.6) is 0 Å². The summed E-state index contributed by atoms with van der Waals surface area (Å²) in [5, 5.41) is 2.56. The van der Waals surface area contributed by atoms with Gasteiger partial charge in [-0.25, -0.2) is 4.39 Å². The van der Waals surface area contributed by atoms with Crippen molar-refractivity contribution < 1.29 is 9.18 Å². The summed E-state index contributed by atoms with van der Waals surface area (Å²) in [5.41, 5.74) is 1.40. The zero-order chi connectivity index (χ0) is 10.7. The summed E-state index contributed by atoms with van der Waals surface area (Å²) in [4.78, 5) is 10.8. The van der Waals surface area contributed by atoms with Crippen LogP contribution >= 0.6 is 0 Å². The Labute approximate surface area is 83.1 Å². The van der Waals surface area contributed by atoms with E-state index in [0.29, 0.717) is 5.69 Å². The third-order valence-electron chi connectivity index (χ3n) is 1.91. The first-order chi connectivity index (χ1) is 6.49. The molecule has 3 heteroatoms. The molecule has 0 saturated heterocycles. The van der Waals surface area contributed by atoms with Gasteiger partial charge in [0.2, 0.25) is 5.91 Å². The van der Waals surface area contributed by atoms with E-state index in [1.54, 1.807) is 6.07 Å². The van der Waals surface area contributed by atoms with E-state index < -0.39 is 0 Å². The zero-order valence-corrected chi connectivity index (χ0v) is 8.60. The molecule has 76 valence electrons. The van der Waals surface area contributed by atoms with Crippen LogP contribution in [-0.2, 0) is 4.79 Å². The molecule has 14 heavy (non-hydrogen) atoms. The second kappa shape index (κ2) is 4.22. The largest absolute Gasteiger partial charge is 0.326 e. The minimum Gasteiger partial charge on any atom is -0.326 e. The molecule has 0 radical (unpaired) electrons. The lowest BCUT2D eigenvalue weighted by molar-refractivity contribution is -0.114. The van der Waals surface area contributed by atoms with Crippen LogP contribution in [0.15, 0.2) is 18.2 Å². The zero-order valence-electron chi connectivity index (χ0n) is 8.60. The minimum atomic E-state index is -0.319. The van der Waals surface area contributed by atoms with Gasteiger partial charge in [-0.2, -0.15) is 0 Å². The summed E-state index contributed by atoms with van der Waals surface area (Å²) in [6.45, 7) is 5.36. The van der Waals surface area contributed by atoms with Crippen molar-refractivity contribution in [3.8, 4) is 0 Å². The van der Waals surface area contributed by atoms with Gasteiger partial charge in [-0.3, -0.25) is 4.79 Å². The van der Waals surface area contributed by atoms with E-state index in [1.807, 2.05) is 13.8 Å². The van der Waals surface area contributed by atoms with E-state index in [-0.39, 0.29) is 17.6 Å². The third-order valence-corrected chi connectivity index (χ3v) is 1.91. The predicted molar refractivity (Wildman–Crippen MR) is 54.8 cm³/mol. The second-order valence-corrected chi connectivity index (χ2v) is 3.61. The summed E-state index contributed by atoms with van der Waals surface area (Å²) in [5.74, 6) is -0.261. The SMILES string of the molecule is CC(=O)Nc1cc(F)cc(C(C)C)c1. The molecule has 1 amide bonds. The van der Waals surface area contributed by atoms with Gasteiger partial charge in [0, 0.05) is 12.6 Å². The number of carbonyl (C=O) groups excluding carboxylic acids is 1. The topological polar surface area (TPSA) is 29.1 Å². The quantitative estimate of drug-likeness (QED) is 0.772. The van der Waals surface area contributed by atoms with Crippen LogP contribution in [-0.4, -0.2) is 5.91 Å². The van der Waals surface area contributed by atoms with E-state index >= 15 is 0 Å². The van der Waals surface area contributed by atoms with Gasteiger partial charge in [-0.15, -0.1) is 0 Å². The Morgan fingerprint density at radius 3 is 2.50 bits per heavy atom. The van der Waals surface area contributed by atoms with Gasteiger partial charge in [0.1, 0.15) is 5.82 Å². The van der Waals surface area contributed by atoms with Crippen molar-refractivity contribution in [3.05, 3.63) is 29.6 Å². The average Bonchev–Trinajstić information content (AvgIpc) is 2.01. The maximum absolute atomic E-state index is 13.1. The summed E-state index contributed by atoms with van der Waals surface area (Å²) in [6, 6.07) is 4.58. The lowest BCUT2D eigenvalue weighted by atomic mass is 10.0. The molecule has 0 fully saturated rings. The van der Waals surface area contributed by atoms with Crippen molar-refractivity contribution in [2.75, 3.05) is 5.32 Å². The van der Waals surface area contributed by atoms with Crippen LogP contribution in [0.25, 0.3) is 0 Å². The van der Waals surface area contributed by atoms with Crippen molar-refractivity contribution >= 4 is 11.6 Å². The van der Waals surface area contributed by atoms with Crippen LogP contribution in [0.1, 0.15) is 32.3 Å². The molecule has 1 aromatic rings. The number of nitrogens with one attached hydrogen (secondary N) is 1. The molecule has 0 atom stereocenters. The molecule has 2 nitrogen and oxygen atoms in total. The summed E-state index contributed by atoms with van der Waals surface area (Å²) >= 11 is 0. The number of amides is 1. The van der Waals surface area contributed by atoms with Crippen LogP contribution in [0.2, 0.25) is 0 Å². The van der Waals surface area contributed by atoms with E-state index in [2.05, 4.69) is 5.32 Å². The number of hydrogen-bond donors (Lipinski definition) is 1. The molecule has 0 spiro atoms. The molecule has 1 N–H and O–H groups in total. The molecule has 0 bridgehead atoms. The molecular weight excluding hydrogens is 181 g/mol. The maximum Gasteiger partial charge on any atom is 0.221 e. The molecule has 0 aliphatic rings. The van der Waals surface area contributed by atoms with Gasteiger partial charge < -0.3 is 5.32 Å². The first kappa shape index (κ1) is 10.7. The Balaban J connectivity index is 3.01. The van der Waals surface area contributed by atoms with Crippen molar-refractivity contribution in [2.45, 2.75) is 26.7 Å². The van der Waals surface area contributed by atoms with Crippen molar-refractivity contribution in [1.29, 1.82) is 0 Å². The molecule has 0 unspecified atom stereocenters. The molecule has 0 heterocycles. The fraction of sp³-hybridized carbons (Fsp3) is 0.364. The maximum atomic E-state index is 13.1. The normalized spacial score (nSPS) is 10.4. The van der Waals surface area contributed by atoms with Gasteiger partial charge in [0.15, 0.2) is 0 Å². The average molecular weight is 195 g/mol. The molecule has 0 aliphatic heterocycles. The number of benzene rings is 1. The number of rotatable bonds is 2. The monoisotopic (exact) mass is 195 g/mol. The molecule has 0 saturated carbocycles. The van der Waals surface area contributed by atoms with E-state index in [0.717, 1.165) is 5.56 Å².